The Morgan fingerprint density at radius 2 is 2.60 bits per heavy atom. The molecule has 0 rings (SSSR count). The number of hydrogen-bond donors (Lipinski definition) is 0. The summed E-state index contributed by atoms with van der Waals surface area (Å²) in [7, 11) is -4.02. The smallest absolute Gasteiger partial charge is 0.233 e. The Hall–Kier alpha value is 0.225. The van der Waals surface area contributed by atoms with Gasteiger partial charge in [-0.3, -0.25) is 0 Å². The van der Waals surface area contributed by atoms with Crippen molar-refractivity contribution >= 4 is 14.9 Å². The summed E-state index contributed by atoms with van der Waals surface area (Å²) in [6, 6.07) is 0. The molecular formula is CH4BFOP. The highest BCUT2D eigenvalue weighted by atomic mass is 31.1. The summed E-state index contributed by atoms with van der Waals surface area (Å²) >= 11 is 0. The summed E-state index contributed by atoms with van der Waals surface area (Å²) in [4.78, 5) is 0. The van der Waals surface area contributed by atoms with Gasteiger partial charge in [0.15, 0.2) is 7.94 Å². The summed E-state index contributed by atoms with van der Waals surface area (Å²) in [6.07, 6.45) is 0. The minimum atomic E-state index is -4.02. The fraction of sp³-hybridized carbons (Fsp3) is 1.00. The second kappa shape index (κ2) is 2.46. The van der Waals surface area contributed by atoms with Crippen LogP contribution < -0.4 is 0 Å². The molecule has 29 valence electrons. The van der Waals surface area contributed by atoms with Crippen LogP contribution in [0.25, 0.3) is 0 Å². The van der Waals surface area contributed by atoms with Crippen molar-refractivity contribution in [1.29, 1.82) is 1.28 Å². The van der Waals surface area contributed by atoms with Crippen LogP contribution in [0.4, 0.5) is 4.20 Å². The summed E-state index contributed by atoms with van der Waals surface area (Å²) in [5, 5.41) is 0. The van der Waals surface area contributed by atoms with Crippen LogP contribution >= 0.6 is 7.94 Å². The van der Waals surface area contributed by atoms with Crippen LogP contribution in [0.5, 0.6) is 0 Å². The van der Waals surface area contributed by atoms with Crippen LogP contribution in [0.15, 0.2) is 0 Å². The highest BCUT2D eigenvalue weighted by Gasteiger charge is 1.84. The molecule has 0 bridgehead atoms. The van der Waals surface area contributed by atoms with Gasteiger partial charge in [0.2, 0.25) is 7.00 Å². The molecule has 1 atom stereocenters. The molecule has 0 amide bonds. The molecule has 0 aliphatic rings. The third kappa shape index (κ3) is 4.22. The standard InChI is InChI=1S/CH4BFOP/c1-2-5(3)4/h5H,1H3/i5D. The molecule has 0 saturated carbocycles. The van der Waals surface area contributed by atoms with Crippen LogP contribution in [0, 0.1) is 0 Å². The number of hydrogen-bond acceptors (Lipinski definition) is 1. The molecule has 0 aromatic carbocycles. The average Bonchev–Trinajstić information content (AvgIpc) is 1.35. The third-order valence-corrected chi connectivity index (χ3v) is 0.609. The second-order valence-corrected chi connectivity index (χ2v) is 1.59. The van der Waals surface area contributed by atoms with E-state index in [1.807, 2.05) is 0 Å². The van der Waals surface area contributed by atoms with Gasteiger partial charge < -0.3 is 4.57 Å². The van der Waals surface area contributed by atoms with Gasteiger partial charge in [-0.15, -0.1) is 0 Å². The van der Waals surface area contributed by atoms with E-state index in [2.05, 4.69) is 0 Å². The van der Waals surface area contributed by atoms with E-state index in [9.17, 15) is 8.76 Å². The fourth-order valence-corrected chi connectivity index (χ4v) is 0. The lowest BCUT2D eigenvalue weighted by Gasteiger charge is -1.66. The van der Waals surface area contributed by atoms with E-state index in [1.165, 1.54) is 6.82 Å². The van der Waals surface area contributed by atoms with Crippen molar-refractivity contribution in [3.05, 3.63) is 0 Å². The topological polar surface area (TPSA) is 17.1 Å². The first-order valence-corrected chi connectivity index (χ1v) is 2.41. The van der Waals surface area contributed by atoms with Crippen LogP contribution in [0.3, 0.4) is 0 Å². The molecule has 1 nitrogen and oxygen atoms in total. The van der Waals surface area contributed by atoms with E-state index >= 15 is 0 Å². The van der Waals surface area contributed by atoms with Gasteiger partial charge in [-0.25, -0.2) is 4.20 Å². The van der Waals surface area contributed by atoms with Crippen molar-refractivity contribution in [3.63, 3.8) is 0 Å². The van der Waals surface area contributed by atoms with Crippen molar-refractivity contribution in [1.82, 2.24) is 0 Å². The summed E-state index contributed by atoms with van der Waals surface area (Å²) in [5.41, 5.74) is 0. The van der Waals surface area contributed by atoms with E-state index in [0.717, 1.165) is 7.00 Å². The molecular weight excluding hydrogens is 88.8 g/mol. The lowest BCUT2D eigenvalue weighted by Crippen LogP contribution is -1.57. The predicted molar refractivity (Wildman–Crippen MR) is 21.7 cm³/mol. The Kier molecular flexibility index (Phi) is 1.68. The Morgan fingerprint density at radius 3 is 2.60 bits per heavy atom. The van der Waals surface area contributed by atoms with Crippen molar-refractivity contribution in [2.75, 3.05) is 0 Å². The molecule has 0 aromatic heterocycles. The minimum Gasteiger partial charge on any atom is -0.303 e. The van der Waals surface area contributed by atoms with Crippen molar-refractivity contribution in [2.24, 2.45) is 0 Å². The van der Waals surface area contributed by atoms with Crippen LogP contribution in [0.1, 0.15) is 0 Å². The minimum absolute atomic E-state index is 0.743. The first-order chi connectivity index (χ1) is 2.56. The molecule has 1 radical (unpaired) electrons. The van der Waals surface area contributed by atoms with Gasteiger partial charge >= 0.3 is 0 Å². The molecule has 0 fully saturated rings. The van der Waals surface area contributed by atoms with Gasteiger partial charge in [-0.1, -0.05) is 6.82 Å². The van der Waals surface area contributed by atoms with Crippen molar-refractivity contribution in [3.8, 4) is 0 Å². The van der Waals surface area contributed by atoms with Gasteiger partial charge in [0.05, 0.1) is 0 Å². The Labute approximate surface area is 33.0 Å². The van der Waals surface area contributed by atoms with E-state index in [-0.39, 0.29) is 0 Å². The molecule has 0 saturated heterocycles. The number of halogens is 1. The molecule has 1 unspecified atom stereocenters. The van der Waals surface area contributed by atoms with Crippen LogP contribution in [-0.4, -0.2) is 8.28 Å². The van der Waals surface area contributed by atoms with E-state index in [4.69, 9.17) is 1.28 Å². The van der Waals surface area contributed by atoms with Crippen molar-refractivity contribution in [2.45, 2.75) is 6.82 Å². The third-order valence-electron chi connectivity index (χ3n) is 0.203. The maximum atomic E-state index is 11.3. The van der Waals surface area contributed by atoms with Gasteiger partial charge in [0.1, 0.15) is 1.28 Å². The maximum absolute atomic E-state index is 11.3. The first kappa shape index (κ1) is 3.42. The Balaban J connectivity index is 3.48. The molecule has 0 N–H and O–H groups in total. The van der Waals surface area contributed by atoms with Crippen molar-refractivity contribution < 1.29 is 8.76 Å². The first-order valence-electron chi connectivity index (χ1n) is 1.63. The molecule has 0 aromatic rings. The highest BCUT2D eigenvalue weighted by molar-refractivity contribution is 7.71. The molecule has 0 aliphatic heterocycles. The van der Waals surface area contributed by atoms with Gasteiger partial charge in [0, 0.05) is 0 Å². The Bertz CT molecular complexity index is 79.6. The Morgan fingerprint density at radius 1 is 2.40 bits per heavy atom. The normalized spacial score (nSPS) is 23.2. The average molecular weight is 93.8 g/mol. The quantitative estimate of drug-likeness (QED) is 0.351. The zero-order valence-electron chi connectivity index (χ0n) is 3.81. The van der Waals surface area contributed by atoms with Gasteiger partial charge in [0.25, 0.3) is 0 Å². The fourth-order valence-electron chi connectivity index (χ4n) is 0. The SMILES string of the molecule is [2H]P(=O)(F)[B]C. The summed E-state index contributed by atoms with van der Waals surface area (Å²) < 4.78 is 26.8. The maximum Gasteiger partial charge on any atom is 0.233 e. The molecule has 5 heavy (non-hydrogen) atoms. The summed E-state index contributed by atoms with van der Waals surface area (Å²) in [5.74, 6) is 0. The largest absolute Gasteiger partial charge is 0.303 e. The molecule has 0 aliphatic carbocycles. The van der Waals surface area contributed by atoms with Crippen LogP contribution in [0.2, 0.25) is 6.82 Å². The second-order valence-electron chi connectivity index (χ2n) is 0.530. The van der Waals surface area contributed by atoms with Gasteiger partial charge in [-0.05, 0) is 0 Å². The molecule has 4 heteroatoms. The van der Waals surface area contributed by atoms with Gasteiger partial charge in [-0.2, -0.15) is 0 Å². The zero-order valence-corrected chi connectivity index (χ0v) is 3.71. The molecule has 0 spiro atoms. The number of rotatable bonds is 1. The highest BCUT2D eigenvalue weighted by Crippen LogP contribution is 2.15. The lowest BCUT2D eigenvalue weighted by molar-refractivity contribution is 0.570. The van der Waals surface area contributed by atoms with Crippen LogP contribution in [-0.2, 0) is 4.57 Å². The van der Waals surface area contributed by atoms with E-state index in [0.29, 0.717) is 0 Å². The predicted octanol–water partition coefficient (Wildman–Crippen LogP) is 1.10. The molecule has 0 heterocycles. The van der Waals surface area contributed by atoms with E-state index in [1.54, 1.807) is 0 Å². The lowest BCUT2D eigenvalue weighted by atomic mass is 10.2. The summed E-state index contributed by atoms with van der Waals surface area (Å²) in [6.45, 7) is 2.00. The van der Waals surface area contributed by atoms with E-state index < -0.39 is 7.94 Å². The zero-order chi connectivity index (χ0) is 5.21. The monoisotopic (exact) mass is 94.0 g/mol.